The number of amides is 2. The molecule has 9 heteroatoms. The molecule has 1 aromatic carbocycles. The van der Waals surface area contributed by atoms with Crippen molar-refractivity contribution < 1.29 is 23.9 Å². The van der Waals surface area contributed by atoms with Gasteiger partial charge in [0.05, 0.1) is 25.9 Å². The molecule has 34 heavy (non-hydrogen) atoms. The van der Waals surface area contributed by atoms with Crippen molar-refractivity contribution in [1.82, 2.24) is 15.1 Å². The van der Waals surface area contributed by atoms with Crippen LogP contribution in [0.25, 0.3) is 0 Å². The number of carbonyl (C=O) groups is 3. The maximum absolute atomic E-state index is 13.8. The second-order valence-corrected chi connectivity index (χ2v) is 9.04. The van der Waals surface area contributed by atoms with Crippen LogP contribution < -0.4 is 15.0 Å². The van der Waals surface area contributed by atoms with Crippen LogP contribution >= 0.6 is 0 Å². The standard InChI is InChI=1S/C25H32N4O5/c1-4-34-23(31)18-15-20-22(30)29(19-13-9-10-14-21(19)33-3)25(2,16-28(20)27-18)24(32)26-17-11-7-5-6-8-12-17/h9-10,13-15,17H,4-8,11-12,16H2,1-3H3,(H,26,32)/t25-/m0/s1. The zero-order valence-electron chi connectivity index (χ0n) is 20.0. The average Bonchev–Trinajstić information content (AvgIpc) is 3.08. The van der Waals surface area contributed by atoms with Crippen molar-refractivity contribution in [1.29, 1.82) is 0 Å². The van der Waals surface area contributed by atoms with Crippen LogP contribution in [0.1, 0.15) is 73.3 Å². The molecule has 0 bridgehead atoms. The van der Waals surface area contributed by atoms with E-state index in [0.717, 1.165) is 25.7 Å². The monoisotopic (exact) mass is 468 g/mol. The number of nitrogens with one attached hydrogen (secondary N) is 1. The minimum absolute atomic E-state index is 0.0404. The van der Waals surface area contributed by atoms with E-state index in [2.05, 4.69) is 10.4 Å². The molecule has 1 atom stereocenters. The van der Waals surface area contributed by atoms with Crippen LogP contribution in [-0.4, -0.2) is 52.9 Å². The van der Waals surface area contributed by atoms with Crippen molar-refractivity contribution in [3.05, 3.63) is 41.7 Å². The molecule has 2 amide bonds. The molecular formula is C25H32N4O5. The number of benzene rings is 1. The highest BCUT2D eigenvalue weighted by atomic mass is 16.5. The van der Waals surface area contributed by atoms with E-state index in [9.17, 15) is 14.4 Å². The van der Waals surface area contributed by atoms with Crippen LogP contribution in [-0.2, 0) is 16.1 Å². The molecule has 0 spiro atoms. The summed E-state index contributed by atoms with van der Waals surface area (Å²) in [6, 6.07) is 8.60. The van der Waals surface area contributed by atoms with Crippen LogP contribution in [0.15, 0.2) is 30.3 Å². The van der Waals surface area contributed by atoms with Crippen LogP contribution in [0, 0.1) is 0 Å². The van der Waals surface area contributed by atoms with Crippen molar-refractivity contribution in [3.63, 3.8) is 0 Å². The van der Waals surface area contributed by atoms with E-state index in [4.69, 9.17) is 9.47 Å². The zero-order chi connectivity index (χ0) is 24.3. The first kappa shape index (κ1) is 23.8. The molecule has 0 radical (unpaired) electrons. The largest absolute Gasteiger partial charge is 0.495 e. The van der Waals surface area contributed by atoms with Gasteiger partial charge in [0.25, 0.3) is 5.91 Å². The van der Waals surface area contributed by atoms with Gasteiger partial charge >= 0.3 is 5.97 Å². The highest BCUT2D eigenvalue weighted by Gasteiger charge is 2.50. The first-order chi connectivity index (χ1) is 16.4. The Bertz CT molecular complexity index is 1070. The molecule has 2 aliphatic rings. The predicted molar refractivity (Wildman–Crippen MR) is 126 cm³/mol. The van der Waals surface area contributed by atoms with Gasteiger partial charge in [-0.3, -0.25) is 19.2 Å². The van der Waals surface area contributed by atoms with Crippen LogP contribution in [0.3, 0.4) is 0 Å². The third-order valence-electron chi connectivity index (χ3n) is 6.64. The molecule has 1 aromatic heterocycles. The lowest BCUT2D eigenvalue weighted by Gasteiger charge is -2.44. The van der Waals surface area contributed by atoms with Gasteiger partial charge in [-0.15, -0.1) is 0 Å². The number of nitrogens with zero attached hydrogens (tertiary/aromatic N) is 3. The number of esters is 1. The summed E-state index contributed by atoms with van der Waals surface area (Å²) in [7, 11) is 1.53. The molecule has 0 unspecified atom stereocenters. The van der Waals surface area contributed by atoms with Crippen LogP contribution in [0.2, 0.25) is 0 Å². The summed E-state index contributed by atoms with van der Waals surface area (Å²) in [6.07, 6.45) is 6.33. The number of methoxy groups -OCH3 is 1. The maximum atomic E-state index is 13.8. The lowest BCUT2D eigenvalue weighted by molar-refractivity contribution is -0.127. The number of carbonyl (C=O) groups excluding carboxylic acids is 3. The average molecular weight is 469 g/mol. The number of para-hydroxylation sites is 2. The Morgan fingerprint density at radius 2 is 1.88 bits per heavy atom. The van der Waals surface area contributed by atoms with Gasteiger partial charge in [-0.1, -0.05) is 37.8 Å². The normalized spacial score (nSPS) is 20.9. The zero-order valence-corrected chi connectivity index (χ0v) is 20.0. The highest BCUT2D eigenvalue weighted by molar-refractivity contribution is 6.13. The van der Waals surface area contributed by atoms with Gasteiger partial charge in [-0.05, 0) is 38.8 Å². The molecule has 2 heterocycles. The molecule has 1 N–H and O–H groups in total. The van der Waals surface area contributed by atoms with Gasteiger partial charge < -0.3 is 14.8 Å². The van der Waals surface area contributed by atoms with Crippen LogP contribution in [0.5, 0.6) is 5.75 Å². The number of fused-ring (bicyclic) bond motifs is 1. The molecule has 2 aromatic rings. The minimum Gasteiger partial charge on any atom is -0.495 e. The summed E-state index contributed by atoms with van der Waals surface area (Å²) in [5.41, 5.74) is -0.547. The Kier molecular flexibility index (Phi) is 6.90. The van der Waals surface area contributed by atoms with E-state index in [1.54, 1.807) is 32.0 Å². The van der Waals surface area contributed by atoms with Gasteiger partial charge in [-0.25, -0.2) is 4.79 Å². The SMILES string of the molecule is CCOC(=O)c1cc2n(n1)C[C@@](C)(C(=O)NC1CCCCCC1)N(c1ccccc1OC)C2=O. The van der Waals surface area contributed by atoms with Gasteiger partial charge in [0.2, 0.25) is 5.91 Å². The molecule has 1 saturated carbocycles. The first-order valence-electron chi connectivity index (χ1n) is 11.9. The van der Waals surface area contributed by atoms with Crippen molar-refractivity contribution in [3.8, 4) is 5.75 Å². The fourth-order valence-electron chi connectivity index (χ4n) is 4.84. The summed E-state index contributed by atoms with van der Waals surface area (Å²) < 4.78 is 12.0. The van der Waals surface area contributed by atoms with Crippen LogP contribution in [0.4, 0.5) is 5.69 Å². The molecule has 9 nitrogen and oxygen atoms in total. The summed E-state index contributed by atoms with van der Waals surface area (Å²) in [6.45, 7) is 3.73. The third kappa shape index (κ3) is 4.38. The van der Waals surface area contributed by atoms with Crippen molar-refractivity contribution >= 4 is 23.5 Å². The number of rotatable bonds is 6. The van der Waals surface area contributed by atoms with Gasteiger partial charge in [-0.2, -0.15) is 5.10 Å². The molecule has 1 fully saturated rings. The Balaban J connectivity index is 1.76. The molecule has 4 rings (SSSR count). The third-order valence-corrected chi connectivity index (χ3v) is 6.64. The molecule has 0 saturated heterocycles. The fraction of sp³-hybridized carbons (Fsp3) is 0.520. The highest BCUT2D eigenvalue weighted by Crippen LogP contribution is 2.38. The smallest absolute Gasteiger partial charge is 0.358 e. The summed E-state index contributed by atoms with van der Waals surface area (Å²) in [4.78, 5) is 41.4. The Labute approximate surface area is 199 Å². The van der Waals surface area contributed by atoms with E-state index in [-0.39, 0.29) is 36.5 Å². The number of hydrogen-bond acceptors (Lipinski definition) is 6. The van der Waals surface area contributed by atoms with E-state index in [1.807, 2.05) is 6.07 Å². The lowest BCUT2D eigenvalue weighted by Crippen LogP contribution is -2.65. The van der Waals surface area contributed by atoms with Gasteiger partial charge in [0, 0.05) is 12.1 Å². The number of anilines is 1. The fourth-order valence-corrected chi connectivity index (χ4v) is 4.84. The second kappa shape index (κ2) is 9.87. The molecule has 1 aliphatic carbocycles. The topological polar surface area (TPSA) is 103 Å². The number of hydrogen-bond donors (Lipinski definition) is 1. The Morgan fingerprint density at radius 1 is 1.18 bits per heavy atom. The second-order valence-electron chi connectivity index (χ2n) is 9.04. The van der Waals surface area contributed by atoms with Crippen molar-refractivity contribution in [2.75, 3.05) is 18.6 Å². The predicted octanol–water partition coefficient (Wildman–Crippen LogP) is 3.33. The maximum Gasteiger partial charge on any atom is 0.358 e. The van der Waals surface area contributed by atoms with E-state index in [1.165, 1.54) is 35.6 Å². The summed E-state index contributed by atoms with van der Waals surface area (Å²) in [5.74, 6) is -0.816. The molecular weight excluding hydrogens is 436 g/mol. The van der Waals surface area contributed by atoms with Gasteiger partial charge in [0.1, 0.15) is 17.0 Å². The first-order valence-corrected chi connectivity index (χ1v) is 11.9. The van der Waals surface area contributed by atoms with E-state index in [0.29, 0.717) is 11.4 Å². The summed E-state index contributed by atoms with van der Waals surface area (Å²) >= 11 is 0. The number of ether oxygens (including phenoxy) is 2. The van der Waals surface area contributed by atoms with E-state index < -0.39 is 17.4 Å². The minimum atomic E-state index is -1.29. The molecule has 182 valence electrons. The Morgan fingerprint density at radius 3 is 2.56 bits per heavy atom. The van der Waals surface area contributed by atoms with Crippen molar-refractivity contribution in [2.45, 2.75) is 70.5 Å². The lowest BCUT2D eigenvalue weighted by atomic mass is 9.93. The molecule has 1 aliphatic heterocycles. The van der Waals surface area contributed by atoms with Gasteiger partial charge in [0.15, 0.2) is 5.69 Å². The Hall–Kier alpha value is -3.36. The quantitative estimate of drug-likeness (QED) is 0.515. The number of aromatic nitrogens is 2. The van der Waals surface area contributed by atoms with Crippen molar-refractivity contribution in [2.24, 2.45) is 0 Å². The summed E-state index contributed by atoms with van der Waals surface area (Å²) in [5, 5.41) is 7.51. The van der Waals surface area contributed by atoms with E-state index >= 15 is 0 Å².